The molecule has 0 spiro atoms. The molecule has 0 aromatic carbocycles. The molecule has 1 aliphatic rings. The molecule has 1 aromatic rings. The largest absolute Gasteiger partial charge is 0.481 e. The van der Waals surface area contributed by atoms with E-state index in [0.717, 1.165) is 0 Å². The molecule has 22 heavy (non-hydrogen) atoms. The summed E-state index contributed by atoms with van der Waals surface area (Å²) in [6.07, 6.45) is 9.35. The van der Waals surface area contributed by atoms with Gasteiger partial charge in [-0.3, -0.25) is 4.79 Å². The number of aromatic nitrogens is 1. The van der Waals surface area contributed by atoms with E-state index >= 15 is 0 Å². The number of carboxylic acids is 2. The van der Waals surface area contributed by atoms with Crippen LogP contribution in [0.5, 0.6) is 0 Å². The number of allylic oxidation sites excluding steroid dienone is 2. The minimum atomic E-state index is -1.08. The van der Waals surface area contributed by atoms with Gasteiger partial charge in [0.25, 0.3) is 0 Å². The van der Waals surface area contributed by atoms with E-state index in [1.807, 2.05) is 24.5 Å². The molecule has 0 aliphatic heterocycles. The number of nitrogens with one attached hydrogen (secondary N) is 1. The first-order valence-electron chi connectivity index (χ1n) is 6.50. The van der Waals surface area contributed by atoms with E-state index in [-0.39, 0.29) is 29.0 Å². The Morgan fingerprint density at radius 3 is 2.14 bits per heavy atom. The number of aliphatic carboxylic acids is 2. The van der Waals surface area contributed by atoms with E-state index in [9.17, 15) is 9.59 Å². The third-order valence-electron chi connectivity index (χ3n) is 2.58. The number of carboxylic acid groups (broad SMARTS) is 2. The molecule has 0 amide bonds. The summed E-state index contributed by atoms with van der Waals surface area (Å²) in [5, 5.41) is 17.5. The zero-order valence-corrected chi connectivity index (χ0v) is 15.5. The third-order valence-corrected chi connectivity index (χ3v) is 2.58. The predicted molar refractivity (Wildman–Crippen MR) is 96.6 cm³/mol. The molecule has 124 valence electrons. The lowest BCUT2D eigenvalue weighted by molar-refractivity contribution is -0.145. The highest BCUT2D eigenvalue weighted by Gasteiger charge is 2.34. The summed E-state index contributed by atoms with van der Waals surface area (Å²) in [6, 6.07) is 3.89. The van der Waals surface area contributed by atoms with Crippen molar-refractivity contribution in [2.24, 2.45) is 5.41 Å². The Bertz CT molecular complexity index is 482. The van der Waals surface area contributed by atoms with E-state index in [4.69, 9.17) is 10.2 Å². The molecule has 3 N–H and O–H groups in total. The quantitative estimate of drug-likeness (QED) is 0.672. The third kappa shape index (κ3) is 8.80. The Kier molecular flexibility index (Phi) is 12.7. The van der Waals surface area contributed by atoms with E-state index in [1.54, 1.807) is 0 Å². The molecule has 0 radical (unpaired) electrons. The van der Waals surface area contributed by atoms with Gasteiger partial charge in [0.05, 0.1) is 5.41 Å². The zero-order chi connectivity index (χ0) is 16.3. The van der Waals surface area contributed by atoms with Gasteiger partial charge in [0.2, 0.25) is 0 Å². The van der Waals surface area contributed by atoms with Crippen LogP contribution in [0.1, 0.15) is 20.3 Å². The van der Waals surface area contributed by atoms with Crippen molar-refractivity contribution in [3.63, 3.8) is 0 Å². The monoisotopic (exact) mass is 391 g/mol. The molecular weight excluding hydrogens is 369 g/mol. The van der Waals surface area contributed by atoms with E-state index in [1.165, 1.54) is 31.3 Å². The SMILES string of the molecule is Br.CC1(C(=O)O)C=CC=C(C(=O)O)C1.CCP.c1cc[nH]c1. The first-order valence-corrected chi connectivity index (χ1v) is 7.32. The number of aromatic amines is 1. The van der Waals surface area contributed by atoms with Crippen LogP contribution in [0.3, 0.4) is 0 Å². The number of hydrogen-bond acceptors (Lipinski definition) is 2. The van der Waals surface area contributed by atoms with Gasteiger partial charge in [0.1, 0.15) is 0 Å². The summed E-state index contributed by atoms with van der Waals surface area (Å²) in [7, 11) is 2.58. The Labute approximate surface area is 143 Å². The average Bonchev–Trinajstić information content (AvgIpc) is 2.98. The molecule has 1 aliphatic carbocycles. The molecular formula is C15H23BrNO4P. The molecule has 5 nitrogen and oxygen atoms in total. The first-order chi connectivity index (χ1) is 9.87. The van der Waals surface area contributed by atoms with E-state index in [2.05, 4.69) is 21.1 Å². The van der Waals surface area contributed by atoms with Crippen LogP contribution in [0.25, 0.3) is 0 Å². The van der Waals surface area contributed by atoms with Crippen molar-refractivity contribution in [2.75, 3.05) is 6.16 Å². The maximum atomic E-state index is 10.8. The van der Waals surface area contributed by atoms with Crippen molar-refractivity contribution in [3.8, 4) is 0 Å². The van der Waals surface area contributed by atoms with Gasteiger partial charge in [-0.05, 0) is 31.6 Å². The standard InChI is InChI=1S/C9H10O4.C4H5N.C2H7P.BrH/c1-9(8(12)13)4-2-3-6(5-9)7(10)11;1-2-4-5-3-1;1-2-3;/h2-4H,5H2,1H3,(H,10,11)(H,12,13);1-5H;2-3H2,1H3;1H. The smallest absolute Gasteiger partial charge is 0.331 e. The van der Waals surface area contributed by atoms with Gasteiger partial charge < -0.3 is 15.2 Å². The summed E-state index contributed by atoms with van der Waals surface area (Å²) >= 11 is 0. The van der Waals surface area contributed by atoms with Crippen LogP contribution in [0.4, 0.5) is 0 Å². The first kappa shape index (κ1) is 22.9. The molecule has 7 heteroatoms. The average molecular weight is 392 g/mol. The van der Waals surface area contributed by atoms with Crippen molar-refractivity contribution in [1.29, 1.82) is 0 Å². The van der Waals surface area contributed by atoms with Crippen molar-refractivity contribution >= 4 is 38.2 Å². The molecule has 1 heterocycles. The van der Waals surface area contributed by atoms with E-state index in [0.29, 0.717) is 0 Å². The molecule has 2 unspecified atom stereocenters. The number of rotatable bonds is 2. The second kappa shape index (κ2) is 12.2. The fourth-order valence-corrected chi connectivity index (χ4v) is 1.46. The predicted octanol–water partition coefficient (Wildman–Crippen LogP) is 3.52. The summed E-state index contributed by atoms with van der Waals surface area (Å²) in [5.74, 6) is -2.06. The molecule has 0 bridgehead atoms. The fourth-order valence-electron chi connectivity index (χ4n) is 1.46. The molecule has 2 rings (SSSR count). The zero-order valence-electron chi connectivity index (χ0n) is 12.7. The number of halogens is 1. The van der Waals surface area contributed by atoms with Crippen molar-refractivity contribution in [3.05, 3.63) is 48.3 Å². The molecule has 0 saturated carbocycles. The van der Waals surface area contributed by atoms with Crippen LogP contribution in [0.15, 0.2) is 48.3 Å². The van der Waals surface area contributed by atoms with Crippen molar-refractivity contribution in [2.45, 2.75) is 20.3 Å². The van der Waals surface area contributed by atoms with Gasteiger partial charge in [0.15, 0.2) is 0 Å². The van der Waals surface area contributed by atoms with Gasteiger partial charge in [-0.2, -0.15) is 0 Å². The van der Waals surface area contributed by atoms with Crippen LogP contribution in [0.2, 0.25) is 0 Å². The number of hydrogen-bond donors (Lipinski definition) is 3. The van der Waals surface area contributed by atoms with Crippen molar-refractivity contribution in [1.82, 2.24) is 4.98 Å². The fraction of sp³-hybridized carbons (Fsp3) is 0.333. The second-order valence-electron chi connectivity index (χ2n) is 4.55. The van der Waals surface area contributed by atoms with Gasteiger partial charge >= 0.3 is 11.9 Å². The summed E-state index contributed by atoms with van der Waals surface area (Å²) in [6.45, 7) is 3.59. The minimum absolute atomic E-state index is 0. The Hall–Kier alpha value is -1.39. The minimum Gasteiger partial charge on any atom is -0.481 e. The number of carbonyl (C=O) groups is 2. The summed E-state index contributed by atoms with van der Waals surface area (Å²) in [5.41, 5.74) is -0.949. The normalized spacial score (nSPS) is 18.4. The van der Waals surface area contributed by atoms with Gasteiger partial charge in [-0.1, -0.05) is 25.2 Å². The van der Waals surface area contributed by atoms with Crippen LogP contribution in [-0.2, 0) is 9.59 Å². The Morgan fingerprint density at radius 1 is 1.32 bits per heavy atom. The van der Waals surface area contributed by atoms with Gasteiger partial charge in [0, 0.05) is 18.0 Å². The van der Waals surface area contributed by atoms with Crippen LogP contribution in [-0.4, -0.2) is 33.3 Å². The van der Waals surface area contributed by atoms with Crippen molar-refractivity contribution < 1.29 is 19.8 Å². The topological polar surface area (TPSA) is 90.4 Å². The van der Waals surface area contributed by atoms with Crippen LogP contribution < -0.4 is 0 Å². The molecule has 1 aromatic heterocycles. The second-order valence-corrected chi connectivity index (χ2v) is 5.37. The summed E-state index contributed by atoms with van der Waals surface area (Å²) in [4.78, 5) is 24.2. The van der Waals surface area contributed by atoms with Gasteiger partial charge in [-0.15, -0.1) is 26.2 Å². The highest BCUT2D eigenvalue weighted by Crippen LogP contribution is 2.31. The Morgan fingerprint density at radius 2 is 1.82 bits per heavy atom. The van der Waals surface area contributed by atoms with E-state index < -0.39 is 17.4 Å². The molecule has 2 atom stereocenters. The lowest BCUT2D eigenvalue weighted by Crippen LogP contribution is -2.28. The molecule has 0 saturated heterocycles. The summed E-state index contributed by atoms with van der Waals surface area (Å²) < 4.78 is 0. The lowest BCUT2D eigenvalue weighted by Gasteiger charge is -2.23. The maximum Gasteiger partial charge on any atom is 0.331 e. The lowest BCUT2D eigenvalue weighted by atomic mass is 9.80. The van der Waals surface area contributed by atoms with Crippen LogP contribution >= 0.6 is 26.2 Å². The highest BCUT2D eigenvalue weighted by molar-refractivity contribution is 8.93. The van der Waals surface area contributed by atoms with Crippen LogP contribution in [0, 0.1) is 5.41 Å². The maximum absolute atomic E-state index is 10.8. The molecule has 0 fully saturated rings. The highest BCUT2D eigenvalue weighted by atomic mass is 79.9. The van der Waals surface area contributed by atoms with Gasteiger partial charge in [-0.25, -0.2) is 4.79 Å². The number of H-pyrrole nitrogens is 1. The Balaban J connectivity index is 0.